The van der Waals surface area contributed by atoms with Crippen molar-refractivity contribution in [3.05, 3.63) is 68.6 Å². The molecule has 0 unspecified atom stereocenters. The lowest BCUT2D eigenvalue weighted by Crippen LogP contribution is -2.35. The van der Waals surface area contributed by atoms with Crippen LogP contribution in [0.15, 0.2) is 47.4 Å². The molecular formula is C15H11F2N3O6. The Bertz CT molecular complexity index is 895. The third-order valence-corrected chi connectivity index (χ3v) is 3.09. The molecule has 0 spiro atoms. The highest BCUT2D eigenvalue weighted by Crippen LogP contribution is 2.14. The number of imide groups is 1. The van der Waals surface area contributed by atoms with Gasteiger partial charge in [-0.3, -0.25) is 34.4 Å². The number of pyridine rings is 1. The number of amides is 2. The maximum absolute atomic E-state index is 12.1. The molecule has 0 atom stereocenters. The Morgan fingerprint density at radius 1 is 1.19 bits per heavy atom. The summed E-state index contributed by atoms with van der Waals surface area (Å²) < 4.78 is 29.0. The number of aromatic nitrogens is 1. The summed E-state index contributed by atoms with van der Waals surface area (Å²) in [5.41, 5.74) is -1.06. The van der Waals surface area contributed by atoms with Gasteiger partial charge in [-0.05, 0) is 24.3 Å². The summed E-state index contributed by atoms with van der Waals surface area (Å²) in [6, 6.07) is 6.49. The molecule has 136 valence electrons. The third-order valence-electron chi connectivity index (χ3n) is 3.09. The first-order valence-electron chi connectivity index (χ1n) is 7.00. The molecule has 0 fully saturated rings. The number of nitrogens with one attached hydrogen (secondary N) is 1. The summed E-state index contributed by atoms with van der Waals surface area (Å²) in [6.45, 7) is -3.62. The van der Waals surface area contributed by atoms with E-state index in [0.29, 0.717) is 0 Å². The van der Waals surface area contributed by atoms with E-state index in [1.807, 2.05) is 5.32 Å². The zero-order valence-electron chi connectivity index (χ0n) is 12.9. The van der Waals surface area contributed by atoms with Crippen molar-refractivity contribution in [1.82, 2.24) is 9.88 Å². The maximum Gasteiger partial charge on any atom is 0.387 e. The molecule has 0 bridgehead atoms. The standard InChI is InChI=1S/C15H11F2N3O6/c16-15(17)26-11-4-1-9(2-5-11)14(23)18-12(21)8-19-7-10(20(24)25)3-6-13(19)22/h1-7,15H,8H2,(H,18,21,23). The van der Waals surface area contributed by atoms with Crippen LogP contribution in [0.3, 0.4) is 0 Å². The van der Waals surface area contributed by atoms with E-state index in [4.69, 9.17) is 0 Å². The molecular weight excluding hydrogens is 356 g/mol. The quantitative estimate of drug-likeness (QED) is 0.607. The molecule has 1 N–H and O–H groups in total. The first-order chi connectivity index (χ1) is 12.3. The third kappa shape index (κ3) is 4.93. The Kier molecular flexibility index (Phi) is 5.73. The molecule has 0 saturated heterocycles. The van der Waals surface area contributed by atoms with Crippen LogP contribution in [0.2, 0.25) is 0 Å². The zero-order valence-corrected chi connectivity index (χ0v) is 12.9. The lowest BCUT2D eigenvalue weighted by atomic mass is 10.2. The van der Waals surface area contributed by atoms with Gasteiger partial charge in [0.25, 0.3) is 17.2 Å². The molecule has 1 aromatic carbocycles. The number of hydrogen-bond donors (Lipinski definition) is 1. The Hall–Kier alpha value is -3.63. The molecule has 0 aliphatic carbocycles. The van der Waals surface area contributed by atoms with Crippen LogP contribution in [0.4, 0.5) is 14.5 Å². The second-order valence-electron chi connectivity index (χ2n) is 4.89. The number of nitrogens with zero attached hydrogens (tertiary/aromatic N) is 2. The van der Waals surface area contributed by atoms with Gasteiger partial charge >= 0.3 is 6.61 Å². The van der Waals surface area contributed by atoms with Gasteiger partial charge in [0.05, 0.1) is 11.1 Å². The van der Waals surface area contributed by atoms with Crippen LogP contribution in [-0.4, -0.2) is 27.9 Å². The summed E-state index contributed by atoms with van der Waals surface area (Å²) in [5, 5.41) is 12.7. The lowest BCUT2D eigenvalue weighted by molar-refractivity contribution is -0.385. The summed E-state index contributed by atoms with van der Waals surface area (Å²) in [4.78, 5) is 45.3. The Morgan fingerprint density at radius 3 is 2.42 bits per heavy atom. The average molecular weight is 367 g/mol. The first-order valence-corrected chi connectivity index (χ1v) is 7.00. The van der Waals surface area contributed by atoms with E-state index in [0.717, 1.165) is 35.0 Å². The fourth-order valence-electron chi connectivity index (χ4n) is 1.93. The molecule has 26 heavy (non-hydrogen) atoms. The minimum atomic E-state index is -3.01. The molecule has 2 amide bonds. The van der Waals surface area contributed by atoms with Crippen molar-refractivity contribution in [1.29, 1.82) is 0 Å². The van der Waals surface area contributed by atoms with Crippen molar-refractivity contribution >= 4 is 17.5 Å². The average Bonchev–Trinajstić information content (AvgIpc) is 2.56. The molecule has 9 nitrogen and oxygen atoms in total. The number of nitro groups is 1. The predicted molar refractivity (Wildman–Crippen MR) is 82.9 cm³/mol. The smallest absolute Gasteiger partial charge is 0.387 e. The van der Waals surface area contributed by atoms with E-state index < -0.39 is 41.1 Å². The van der Waals surface area contributed by atoms with E-state index in [-0.39, 0.29) is 11.3 Å². The van der Waals surface area contributed by atoms with Gasteiger partial charge in [0, 0.05) is 17.7 Å². The number of carbonyl (C=O) groups excluding carboxylic acids is 2. The van der Waals surface area contributed by atoms with Crippen LogP contribution in [0.25, 0.3) is 0 Å². The van der Waals surface area contributed by atoms with Crippen LogP contribution in [0.1, 0.15) is 10.4 Å². The van der Waals surface area contributed by atoms with Crippen LogP contribution in [0.5, 0.6) is 5.75 Å². The van der Waals surface area contributed by atoms with Crippen LogP contribution in [-0.2, 0) is 11.3 Å². The zero-order chi connectivity index (χ0) is 19.3. The van der Waals surface area contributed by atoms with Gasteiger partial charge < -0.3 is 4.74 Å². The molecule has 2 aromatic rings. The Labute approximate surface area is 144 Å². The van der Waals surface area contributed by atoms with Gasteiger partial charge in [0.2, 0.25) is 5.91 Å². The fraction of sp³-hybridized carbons (Fsp3) is 0.133. The highest BCUT2D eigenvalue weighted by Gasteiger charge is 2.14. The minimum Gasteiger partial charge on any atom is -0.435 e. The van der Waals surface area contributed by atoms with E-state index in [9.17, 15) is 33.3 Å². The summed E-state index contributed by atoms with van der Waals surface area (Å²) in [7, 11) is 0. The molecule has 2 rings (SSSR count). The van der Waals surface area contributed by atoms with E-state index in [1.165, 1.54) is 12.1 Å². The Morgan fingerprint density at radius 2 is 1.85 bits per heavy atom. The number of carbonyl (C=O) groups is 2. The van der Waals surface area contributed by atoms with Crippen molar-refractivity contribution in [2.75, 3.05) is 0 Å². The largest absolute Gasteiger partial charge is 0.435 e. The highest BCUT2D eigenvalue weighted by molar-refractivity contribution is 6.04. The molecule has 0 aliphatic heterocycles. The maximum atomic E-state index is 12.1. The predicted octanol–water partition coefficient (Wildman–Crippen LogP) is 1.31. The normalized spacial score (nSPS) is 10.4. The van der Waals surface area contributed by atoms with Gasteiger partial charge in [-0.15, -0.1) is 0 Å². The van der Waals surface area contributed by atoms with Gasteiger partial charge in [-0.25, -0.2) is 0 Å². The fourth-order valence-corrected chi connectivity index (χ4v) is 1.93. The Balaban J connectivity index is 2.03. The monoisotopic (exact) mass is 367 g/mol. The molecule has 1 heterocycles. The minimum absolute atomic E-state index is 0.00800. The topological polar surface area (TPSA) is 121 Å². The number of hydrogen-bond acceptors (Lipinski definition) is 6. The molecule has 11 heteroatoms. The molecule has 0 aliphatic rings. The van der Waals surface area contributed by atoms with Crippen molar-refractivity contribution in [2.45, 2.75) is 13.2 Å². The number of benzene rings is 1. The van der Waals surface area contributed by atoms with Crippen LogP contribution >= 0.6 is 0 Å². The number of halogens is 2. The van der Waals surface area contributed by atoms with Gasteiger partial charge in [0.1, 0.15) is 12.3 Å². The van der Waals surface area contributed by atoms with Crippen molar-refractivity contribution < 1.29 is 28.0 Å². The summed E-state index contributed by atoms with van der Waals surface area (Å²) in [5.74, 6) is -1.88. The number of ether oxygens (including phenoxy) is 1. The van der Waals surface area contributed by atoms with Crippen LogP contribution < -0.4 is 15.6 Å². The molecule has 1 aromatic heterocycles. The van der Waals surface area contributed by atoms with Crippen molar-refractivity contribution in [3.8, 4) is 5.75 Å². The van der Waals surface area contributed by atoms with E-state index in [2.05, 4.69) is 4.74 Å². The highest BCUT2D eigenvalue weighted by atomic mass is 19.3. The summed E-state index contributed by atoms with van der Waals surface area (Å²) >= 11 is 0. The number of rotatable bonds is 6. The summed E-state index contributed by atoms with van der Waals surface area (Å²) in [6.07, 6.45) is 0.878. The second kappa shape index (κ2) is 7.96. The van der Waals surface area contributed by atoms with Crippen molar-refractivity contribution in [2.24, 2.45) is 0 Å². The van der Waals surface area contributed by atoms with E-state index in [1.54, 1.807) is 0 Å². The van der Waals surface area contributed by atoms with Gasteiger partial charge in [-0.1, -0.05) is 0 Å². The number of alkyl halides is 2. The lowest BCUT2D eigenvalue weighted by Gasteiger charge is -2.07. The SMILES string of the molecule is O=C(Cn1cc([N+](=O)[O-])ccc1=O)NC(=O)c1ccc(OC(F)F)cc1. The second-order valence-corrected chi connectivity index (χ2v) is 4.89. The molecule has 0 radical (unpaired) electrons. The van der Waals surface area contributed by atoms with Crippen LogP contribution in [0, 0.1) is 10.1 Å². The van der Waals surface area contributed by atoms with E-state index >= 15 is 0 Å². The molecule has 0 saturated carbocycles. The van der Waals surface area contributed by atoms with Gasteiger partial charge in [0.15, 0.2) is 0 Å². The van der Waals surface area contributed by atoms with Gasteiger partial charge in [-0.2, -0.15) is 8.78 Å². The van der Waals surface area contributed by atoms with Crippen molar-refractivity contribution in [3.63, 3.8) is 0 Å². The first kappa shape index (κ1) is 18.7.